The number of pyridine rings is 1. The number of hydrogen-bond donors (Lipinski definition) is 1. The van der Waals surface area contributed by atoms with Crippen molar-refractivity contribution in [3.8, 4) is 0 Å². The minimum Gasteiger partial charge on any atom is -0.370 e. The van der Waals surface area contributed by atoms with Crippen molar-refractivity contribution in [3.63, 3.8) is 0 Å². The van der Waals surface area contributed by atoms with Gasteiger partial charge in [0.1, 0.15) is 0 Å². The lowest BCUT2D eigenvalue weighted by molar-refractivity contribution is 0.402. The van der Waals surface area contributed by atoms with E-state index >= 15 is 0 Å². The normalized spacial score (nSPS) is 16.4. The average molecular weight is 331 g/mol. The second-order valence-electron chi connectivity index (χ2n) is 5.81. The Bertz CT molecular complexity index is 712. The molecule has 1 aliphatic heterocycles. The standard InChI is InChI=1S/C17H21N3O2S/c21-23(22,17-6-2-1-3-7-17)19-13-15-8-11-20(12-9-15)16-5-4-10-18-14-16/h1-7,10,14-15,19H,8-9,11-13H2. The van der Waals surface area contributed by atoms with Gasteiger partial charge in [0.25, 0.3) is 0 Å². The zero-order valence-corrected chi connectivity index (χ0v) is 13.7. The first kappa shape index (κ1) is 16.0. The minimum absolute atomic E-state index is 0.327. The van der Waals surface area contributed by atoms with Crippen LogP contribution in [0.15, 0.2) is 59.8 Å². The largest absolute Gasteiger partial charge is 0.370 e. The Balaban J connectivity index is 1.52. The smallest absolute Gasteiger partial charge is 0.240 e. The van der Waals surface area contributed by atoms with Gasteiger partial charge in [-0.25, -0.2) is 13.1 Å². The molecule has 3 rings (SSSR count). The minimum atomic E-state index is -3.40. The SMILES string of the molecule is O=S(=O)(NCC1CCN(c2cccnc2)CC1)c1ccccc1. The number of benzene rings is 1. The summed E-state index contributed by atoms with van der Waals surface area (Å²) in [6, 6.07) is 12.5. The third-order valence-electron chi connectivity index (χ3n) is 4.24. The van der Waals surface area contributed by atoms with E-state index in [4.69, 9.17) is 0 Å². The van der Waals surface area contributed by atoms with Crippen LogP contribution in [-0.4, -0.2) is 33.0 Å². The molecule has 2 aromatic rings. The maximum atomic E-state index is 12.2. The first-order chi connectivity index (χ1) is 11.1. The van der Waals surface area contributed by atoms with Crippen LogP contribution in [0.3, 0.4) is 0 Å². The molecule has 1 aromatic carbocycles. The molecule has 0 saturated carbocycles. The number of anilines is 1. The van der Waals surface area contributed by atoms with E-state index in [1.807, 2.05) is 18.3 Å². The Morgan fingerprint density at radius 1 is 1.09 bits per heavy atom. The average Bonchev–Trinajstić information content (AvgIpc) is 2.62. The molecule has 0 unspecified atom stereocenters. The second kappa shape index (κ2) is 7.10. The second-order valence-corrected chi connectivity index (χ2v) is 7.57. The van der Waals surface area contributed by atoms with E-state index in [1.54, 1.807) is 30.5 Å². The summed E-state index contributed by atoms with van der Waals surface area (Å²) in [4.78, 5) is 6.78. The van der Waals surface area contributed by atoms with Crippen LogP contribution in [0.25, 0.3) is 0 Å². The highest BCUT2D eigenvalue weighted by molar-refractivity contribution is 7.89. The van der Waals surface area contributed by atoms with Crippen LogP contribution < -0.4 is 9.62 Å². The van der Waals surface area contributed by atoms with E-state index < -0.39 is 10.0 Å². The Labute approximate surface area is 137 Å². The van der Waals surface area contributed by atoms with Crippen LogP contribution in [-0.2, 0) is 10.0 Å². The first-order valence-corrected chi connectivity index (χ1v) is 9.33. The predicted molar refractivity (Wildman–Crippen MR) is 90.8 cm³/mol. The van der Waals surface area contributed by atoms with Crippen molar-refractivity contribution in [2.45, 2.75) is 17.7 Å². The zero-order valence-electron chi connectivity index (χ0n) is 12.9. The van der Waals surface area contributed by atoms with Crippen LogP contribution in [0, 0.1) is 5.92 Å². The Kier molecular flexibility index (Phi) is 4.93. The van der Waals surface area contributed by atoms with Crippen molar-refractivity contribution in [3.05, 3.63) is 54.9 Å². The van der Waals surface area contributed by atoms with Crippen molar-refractivity contribution < 1.29 is 8.42 Å². The van der Waals surface area contributed by atoms with Crippen LogP contribution in [0.2, 0.25) is 0 Å². The monoisotopic (exact) mass is 331 g/mol. The summed E-state index contributed by atoms with van der Waals surface area (Å²) >= 11 is 0. The summed E-state index contributed by atoms with van der Waals surface area (Å²) in [6.45, 7) is 2.37. The van der Waals surface area contributed by atoms with Gasteiger partial charge in [0.2, 0.25) is 10.0 Å². The molecule has 0 amide bonds. The fourth-order valence-electron chi connectivity index (χ4n) is 2.85. The molecule has 0 spiro atoms. The third kappa shape index (κ3) is 4.09. The first-order valence-electron chi connectivity index (χ1n) is 7.85. The highest BCUT2D eigenvalue weighted by Crippen LogP contribution is 2.22. The zero-order chi connectivity index (χ0) is 16.1. The molecule has 122 valence electrons. The van der Waals surface area contributed by atoms with E-state index in [0.717, 1.165) is 31.6 Å². The van der Waals surface area contributed by atoms with Crippen LogP contribution >= 0.6 is 0 Å². The molecular weight excluding hydrogens is 310 g/mol. The molecule has 1 aliphatic rings. The van der Waals surface area contributed by atoms with Crippen LogP contribution in [0.4, 0.5) is 5.69 Å². The van der Waals surface area contributed by atoms with Crippen LogP contribution in [0.1, 0.15) is 12.8 Å². The fourth-order valence-corrected chi connectivity index (χ4v) is 3.98. The van der Waals surface area contributed by atoms with Crippen molar-refractivity contribution >= 4 is 15.7 Å². The van der Waals surface area contributed by atoms with Crippen molar-refractivity contribution in [1.82, 2.24) is 9.71 Å². The van der Waals surface area contributed by atoms with Gasteiger partial charge in [-0.1, -0.05) is 18.2 Å². The summed E-state index contributed by atoms with van der Waals surface area (Å²) in [5.74, 6) is 0.376. The van der Waals surface area contributed by atoms with Crippen molar-refractivity contribution in [2.75, 3.05) is 24.5 Å². The van der Waals surface area contributed by atoms with E-state index in [2.05, 4.69) is 20.7 Å². The van der Waals surface area contributed by atoms with E-state index in [1.165, 1.54) is 0 Å². The maximum absolute atomic E-state index is 12.2. The summed E-state index contributed by atoms with van der Waals surface area (Å²) in [7, 11) is -3.40. The van der Waals surface area contributed by atoms with Crippen molar-refractivity contribution in [2.24, 2.45) is 5.92 Å². The van der Waals surface area contributed by atoms with E-state index in [9.17, 15) is 8.42 Å². The highest BCUT2D eigenvalue weighted by Gasteiger charge is 2.22. The summed E-state index contributed by atoms with van der Waals surface area (Å²) < 4.78 is 27.2. The molecule has 23 heavy (non-hydrogen) atoms. The van der Waals surface area contributed by atoms with Crippen molar-refractivity contribution in [1.29, 1.82) is 0 Å². The van der Waals surface area contributed by atoms with Gasteiger partial charge in [0.15, 0.2) is 0 Å². The van der Waals surface area contributed by atoms with E-state index in [-0.39, 0.29) is 0 Å². The highest BCUT2D eigenvalue weighted by atomic mass is 32.2. The van der Waals surface area contributed by atoms with Gasteiger partial charge in [-0.3, -0.25) is 4.98 Å². The van der Waals surface area contributed by atoms with Gasteiger partial charge < -0.3 is 4.90 Å². The Hall–Kier alpha value is -1.92. The Morgan fingerprint density at radius 3 is 2.48 bits per heavy atom. The molecule has 0 bridgehead atoms. The summed E-state index contributed by atoms with van der Waals surface area (Å²) in [5, 5.41) is 0. The number of sulfonamides is 1. The quantitative estimate of drug-likeness (QED) is 0.913. The Morgan fingerprint density at radius 2 is 1.83 bits per heavy atom. The molecule has 0 aliphatic carbocycles. The number of piperidine rings is 1. The fraction of sp³-hybridized carbons (Fsp3) is 0.353. The number of aromatic nitrogens is 1. The molecule has 1 saturated heterocycles. The van der Waals surface area contributed by atoms with Gasteiger partial charge in [-0.15, -0.1) is 0 Å². The molecule has 5 nitrogen and oxygen atoms in total. The molecule has 0 atom stereocenters. The third-order valence-corrected chi connectivity index (χ3v) is 5.68. The summed E-state index contributed by atoms with van der Waals surface area (Å²) in [6.07, 6.45) is 5.60. The van der Waals surface area contributed by atoms with Gasteiger partial charge in [0.05, 0.1) is 16.8 Å². The maximum Gasteiger partial charge on any atom is 0.240 e. The summed E-state index contributed by atoms with van der Waals surface area (Å²) in [5.41, 5.74) is 1.14. The molecule has 2 heterocycles. The van der Waals surface area contributed by atoms with Crippen LogP contribution in [0.5, 0.6) is 0 Å². The number of nitrogens with zero attached hydrogens (tertiary/aromatic N) is 2. The molecule has 0 radical (unpaired) electrons. The topological polar surface area (TPSA) is 62.3 Å². The van der Waals surface area contributed by atoms with Gasteiger partial charge in [0, 0.05) is 25.8 Å². The predicted octanol–water partition coefficient (Wildman–Crippen LogP) is 2.28. The lowest BCUT2D eigenvalue weighted by Crippen LogP contribution is -2.38. The molecule has 1 fully saturated rings. The van der Waals surface area contributed by atoms with E-state index in [0.29, 0.717) is 17.4 Å². The molecule has 6 heteroatoms. The molecule has 1 aromatic heterocycles. The van der Waals surface area contributed by atoms with Gasteiger partial charge in [-0.2, -0.15) is 0 Å². The lowest BCUT2D eigenvalue weighted by Gasteiger charge is -2.33. The molecular formula is C17H21N3O2S. The molecule has 1 N–H and O–H groups in total. The number of hydrogen-bond acceptors (Lipinski definition) is 4. The van der Waals surface area contributed by atoms with Gasteiger partial charge in [-0.05, 0) is 43.0 Å². The lowest BCUT2D eigenvalue weighted by atomic mass is 9.97. The van der Waals surface area contributed by atoms with Gasteiger partial charge >= 0.3 is 0 Å². The number of nitrogens with one attached hydrogen (secondary N) is 1. The number of rotatable bonds is 5.